The molecule has 0 bridgehead atoms. The third kappa shape index (κ3) is 4.08. The standard InChI is InChI=1S/C15H24N2O3/c1-11-10-14(12(2)20-11)15(19)16-6-3-7-17-8-4-13(18)5-9-17/h10,13,18H,3-9H2,1-2H3,(H,16,19). The fourth-order valence-electron chi connectivity index (χ4n) is 2.60. The molecular formula is C15H24N2O3. The zero-order chi connectivity index (χ0) is 14.5. The van der Waals surface area contributed by atoms with Crippen LogP contribution < -0.4 is 5.32 Å². The van der Waals surface area contributed by atoms with Gasteiger partial charge in [0.1, 0.15) is 11.5 Å². The van der Waals surface area contributed by atoms with E-state index in [9.17, 15) is 9.90 Å². The van der Waals surface area contributed by atoms with Crippen molar-refractivity contribution in [1.29, 1.82) is 0 Å². The zero-order valence-corrected chi connectivity index (χ0v) is 12.3. The highest BCUT2D eigenvalue weighted by atomic mass is 16.3. The van der Waals surface area contributed by atoms with Crippen LogP contribution in [0.1, 0.15) is 41.1 Å². The van der Waals surface area contributed by atoms with Crippen molar-refractivity contribution >= 4 is 5.91 Å². The second-order valence-corrected chi connectivity index (χ2v) is 5.51. The van der Waals surface area contributed by atoms with Gasteiger partial charge >= 0.3 is 0 Å². The van der Waals surface area contributed by atoms with Crippen LogP contribution in [0.2, 0.25) is 0 Å². The number of hydrogen-bond acceptors (Lipinski definition) is 4. The van der Waals surface area contributed by atoms with Crippen LogP contribution in [0.25, 0.3) is 0 Å². The molecule has 0 unspecified atom stereocenters. The molecule has 1 fully saturated rings. The van der Waals surface area contributed by atoms with E-state index in [0.717, 1.165) is 44.7 Å². The molecule has 5 heteroatoms. The summed E-state index contributed by atoms with van der Waals surface area (Å²) in [6.45, 7) is 7.19. The van der Waals surface area contributed by atoms with Crippen LogP contribution in [0.15, 0.2) is 10.5 Å². The first-order valence-corrected chi connectivity index (χ1v) is 7.32. The molecule has 1 aromatic heterocycles. The van der Waals surface area contributed by atoms with Crippen LogP contribution in [-0.2, 0) is 0 Å². The SMILES string of the molecule is Cc1cc(C(=O)NCCCN2CCC(O)CC2)c(C)o1. The summed E-state index contributed by atoms with van der Waals surface area (Å²) in [5, 5.41) is 12.4. The van der Waals surface area contributed by atoms with Gasteiger partial charge < -0.3 is 19.7 Å². The number of piperidine rings is 1. The summed E-state index contributed by atoms with van der Waals surface area (Å²) >= 11 is 0. The second-order valence-electron chi connectivity index (χ2n) is 5.51. The van der Waals surface area contributed by atoms with Crippen molar-refractivity contribution in [3.63, 3.8) is 0 Å². The molecule has 2 N–H and O–H groups in total. The summed E-state index contributed by atoms with van der Waals surface area (Å²) in [4.78, 5) is 14.3. The van der Waals surface area contributed by atoms with Gasteiger partial charge in [-0.2, -0.15) is 0 Å². The average Bonchev–Trinajstić information content (AvgIpc) is 2.75. The molecule has 0 aliphatic carbocycles. The van der Waals surface area contributed by atoms with Crippen molar-refractivity contribution in [2.75, 3.05) is 26.2 Å². The van der Waals surface area contributed by atoms with Crippen molar-refractivity contribution in [3.05, 3.63) is 23.2 Å². The predicted octanol–water partition coefficient (Wildman–Crippen LogP) is 1.47. The van der Waals surface area contributed by atoms with Crippen molar-refractivity contribution in [2.24, 2.45) is 0 Å². The van der Waals surface area contributed by atoms with Gasteiger partial charge in [-0.05, 0) is 45.7 Å². The molecule has 1 amide bonds. The lowest BCUT2D eigenvalue weighted by atomic mass is 10.1. The zero-order valence-electron chi connectivity index (χ0n) is 12.3. The van der Waals surface area contributed by atoms with Gasteiger partial charge in [0, 0.05) is 19.6 Å². The van der Waals surface area contributed by atoms with E-state index in [-0.39, 0.29) is 12.0 Å². The Morgan fingerprint density at radius 2 is 2.15 bits per heavy atom. The van der Waals surface area contributed by atoms with Crippen molar-refractivity contribution in [2.45, 2.75) is 39.2 Å². The van der Waals surface area contributed by atoms with Crippen molar-refractivity contribution in [1.82, 2.24) is 10.2 Å². The summed E-state index contributed by atoms with van der Waals surface area (Å²) in [5.74, 6) is 1.37. The Morgan fingerprint density at radius 1 is 1.45 bits per heavy atom. The number of rotatable bonds is 5. The Hall–Kier alpha value is -1.33. The van der Waals surface area contributed by atoms with E-state index in [1.165, 1.54) is 0 Å². The maximum atomic E-state index is 12.0. The lowest BCUT2D eigenvalue weighted by Crippen LogP contribution is -2.37. The minimum Gasteiger partial charge on any atom is -0.466 e. The molecule has 0 atom stereocenters. The smallest absolute Gasteiger partial charge is 0.254 e. The van der Waals surface area contributed by atoms with Gasteiger partial charge in [0.15, 0.2) is 0 Å². The average molecular weight is 280 g/mol. The lowest BCUT2D eigenvalue weighted by molar-refractivity contribution is 0.0816. The van der Waals surface area contributed by atoms with Crippen LogP contribution in [0.4, 0.5) is 0 Å². The molecule has 1 aliphatic heterocycles. The van der Waals surface area contributed by atoms with Gasteiger partial charge in [0.2, 0.25) is 0 Å². The van der Waals surface area contributed by atoms with E-state index in [1.807, 2.05) is 6.92 Å². The summed E-state index contributed by atoms with van der Waals surface area (Å²) in [7, 11) is 0. The Kier molecular flexibility index (Phi) is 5.20. The number of nitrogens with zero attached hydrogens (tertiary/aromatic N) is 1. The van der Waals surface area contributed by atoms with Crippen LogP contribution in [0, 0.1) is 13.8 Å². The van der Waals surface area contributed by atoms with Crippen LogP contribution in [0.3, 0.4) is 0 Å². The van der Waals surface area contributed by atoms with Gasteiger partial charge in [0.05, 0.1) is 11.7 Å². The number of hydrogen-bond donors (Lipinski definition) is 2. The third-order valence-electron chi connectivity index (χ3n) is 3.78. The number of aliphatic hydroxyl groups is 1. The summed E-state index contributed by atoms with van der Waals surface area (Å²) in [6.07, 6.45) is 2.52. The largest absolute Gasteiger partial charge is 0.466 e. The van der Waals surface area contributed by atoms with Gasteiger partial charge in [-0.3, -0.25) is 4.79 Å². The van der Waals surface area contributed by atoms with E-state index in [4.69, 9.17) is 4.42 Å². The Morgan fingerprint density at radius 3 is 2.75 bits per heavy atom. The Labute approximate surface area is 119 Å². The van der Waals surface area contributed by atoms with Gasteiger partial charge in [-0.1, -0.05) is 0 Å². The molecule has 20 heavy (non-hydrogen) atoms. The van der Waals surface area contributed by atoms with E-state index >= 15 is 0 Å². The maximum absolute atomic E-state index is 12.0. The number of furan rings is 1. The summed E-state index contributed by atoms with van der Waals surface area (Å²) in [5.41, 5.74) is 0.628. The van der Waals surface area contributed by atoms with E-state index in [1.54, 1.807) is 13.0 Å². The number of carbonyl (C=O) groups is 1. The normalized spacial score (nSPS) is 17.4. The number of amides is 1. The molecule has 1 aromatic rings. The minimum atomic E-state index is -0.127. The molecule has 2 heterocycles. The Balaban J connectivity index is 1.66. The fraction of sp³-hybridized carbons (Fsp3) is 0.667. The number of aliphatic hydroxyl groups excluding tert-OH is 1. The van der Waals surface area contributed by atoms with Gasteiger partial charge in [-0.15, -0.1) is 0 Å². The molecule has 1 saturated heterocycles. The van der Waals surface area contributed by atoms with E-state index in [0.29, 0.717) is 17.9 Å². The lowest BCUT2D eigenvalue weighted by Gasteiger charge is -2.29. The van der Waals surface area contributed by atoms with E-state index < -0.39 is 0 Å². The number of likely N-dealkylation sites (tertiary alicyclic amines) is 1. The van der Waals surface area contributed by atoms with Crippen molar-refractivity contribution < 1.29 is 14.3 Å². The van der Waals surface area contributed by atoms with Gasteiger partial charge in [0.25, 0.3) is 5.91 Å². The molecule has 2 rings (SSSR count). The number of nitrogens with one attached hydrogen (secondary N) is 1. The third-order valence-corrected chi connectivity index (χ3v) is 3.78. The first-order valence-electron chi connectivity index (χ1n) is 7.32. The molecule has 1 aliphatic rings. The molecular weight excluding hydrogens is 256 g/mol. The van der Waals surface area contributed by atoms with E-state index in [2.05, 4.69) is 10.2 Å². The molecule has 0 aromatic carbocycles. The first-order chi connectivity index (χ1) is 9.56. The molecule has 5 nitrogen and oxygen atoms in total. The minimum absolute atomic E-state index is 0.0617. The molecule has 0 saturated carbocycles. The topological polar surface area (TPSA) is 65.7 Å². The van der Waals surface area contributed by atoms with Gasteiger partial charge in [-0.25, -0.2) is 0 Å². The van der Waals surface area contributed by atoms with Crippen LogP contribution in [-0.4, -0.2) is 48.2 Å². The first kappa shape index (κ1) is 15.1. The molecule has 112 valence electrons. The summed E-state index contributed by atoms with van der Waals surface area (Å²) < 4.78 is 5.35. The number of aryl methyl sites for hydroxylation is 2. The monoisotopic (exact) mass is 280 g/mol. The predicted molar refractivity (Wildman–Crippen MR) is 76.8 cm³/mol. The molecule has 0 spiro atoms. The highest BCUT2D eigenvalue weighted by Crippen LogP contribution is 2.13. The fourth-order valence-corrected chi connectivity index (χ4v) is 2.60. The second kappa shape index (κ2) is 6.90. The summed E-state index contributed by atoms with van der Waals surface area (Å²) in [6, 6.07) is 1.77. The van der Waals surface area contributed by atoms with Crippen molar-refractivity contribution in [3.8, 4) is 0 Å². The maximum Gasteiger partial charge on any atom is 0.254 e. The van der Waals surface area contributed by atoms with Crippen LogP contribution in [0.5, 0.6) is 0 Å². The quantitative estimate of drug-likeness (QED) is 0.802. The Bertz CT molecular complexity index is 448. The van der Waals surface area contributed by atoms with Crippen LogP contribution >= 0.6 is 0 Å². The highest BCUT2D eigenvalue weighted by Gasteiger charge is 2.16. The highest BCUT2D eigenvalue weighted by molar-refractivity contribution is 5.95. The molecule has 0 radical (unpaired) electrons. The number of carbonyl (C=O) groups excluding carboxylic acids is 1.